The van der Waals surface area contributed by atoms with Crippen LogP contribution in [0.15, 0.2) is 59.9 Å². The van der Waals surface area contributed by atoms with Gasteiger partial charge in [0.2, 0.25) is 5.78 Å². The summed E-state index contributed by atoms with van der Waals surface area (Å²) in [5.41, 5.74) is 2.93. The summed E-state index contributed by atoms with van der Waals surface area (Å²) < 4.78 is 5.77. The van der Waals surface area contributed by atoms with Gasteiger partial charge in [0.1, 0.15) is 5.75 Å². The smallest absolute Gasteiger partial charge is 0.294 e. The van der Waals surface area contributed by atoms with E-state index >= 15 is 0 Å². The minimum absolute atomic E-state index is 0.0752. The van der Waals surface area contributed by atoms with Crippen molar-refractivity contribution in [3.05, 3.63) is 86.6 Å². The van der Waals surface area contributed by atoms with Gasteiger partial charge < -0.3 is 9.84 Å². The van der Waals surface area contributed by atoms with E-state index in [0.29, 0.717) is 34.5 Å². The fourth-order valence-corrected chi connectivity index (χ4v) is 5.00. The molecule has 0 radical (unpaired) electrons. The Balaban J connectivity index is 1.80. The van der Waals surface area contributed by atoms with Gasteiger partial charge in [0.15, 0.2) is 5.76 Å². The molecular formula is C27H28N2O4S. The Kier molecular flexibility index (Phi) is 6.57. The Labute approximate surface area is 203 Å². The zero-order valence-electron chi connectivity index (χ0n) is 20.0. The van der Waals surface area contributed by atoms with Gasteiger partial charge in [-0.1, -0.05) is 38.1 Å². The number of Topliss-reactive ketones (excluding diaryl/α,β-unsaturated/α-hetero) is 1. The van der Waals surface area contributed by atoms with Crippen LogP contribution in [-0.4, -0.2) is 28.4 Å². The number of nitrogens with zero attached hydrogens (tertiary/aromatic N) is 2. The average Bonchev–Trinajstić information content (AvgIpc) is 3.28. The number of carbonyl (C=O) groups excluding carboxylic acids is 2. The van der Waals surface area contributed by atoms with Crippen LogP contribution in [0.3, 0.4) is 0 Å². The molecule has 6 nitrogen and oxygen atoms in total. The standard InChI is InChI=1S/C27H28N2O4S/c1-15(2)14-33-20-12-10-19(11-13-20)29-23(21-9-7-6-8-16(21)3)22(25(31)27(29)32)24(30)26-17(4)28-18(5)34-26/h6-13,15,23,31H,14H2,1-5H3. The van der Waals surface area contributed by atoms with Crippen molar-refractivity contribution in [3.63, 3.8) is 0 Å². The van der Waals surface area contributed by atoms with Crippen molar-refractivity contribution in [2.24, 2.45) is 5.92 Å². The summed E-state index contributed by atoms with van der Waals surface area (Å²) >= 11 is 1.27. The van der Waals surface area contributed by atoms with Crippen molar-refractivity contribution in [2.75, 3.05) is 11.5 Å². The Morgan fingerprint density at radius 2 is 1.79 bits per heavy atom. The molecule has 0 spiro atoms. The number of carbonyl (C=O) groups is 2. The number of aromatic nitrogens is 1. The minimum atomic E-state index is -0.759. The van der Waals surface area contributed by atoms with Crippen LogP contribution >= 0.6 is 11.3 Å². The van der Waals surface area contributed by atoms with Crippen LogP contribution in [-0.2, 0) is 4.79 Å². The largest absolute Gasteiger partial charge is 0.503 e. The maximum absolute atomic E-state index is 13.7. The Morgan fingerprint density at radius 1 is 1.12 bits per heavy atom. The predicted molar refractivity (Wildman–Crippen MR) is 134 cm³/mol. The van der Waals surface area contributed by atoms with Crippen molar-refractivity contribution in [1.82, 2.24) is 4.98 Å². The molecular weight excluding hydrogens is 448 g/mol. The van der Waals surface area contributed by atoms with Crippen LogP contribution in [0.25, 0.3) is 0 Å². The highest BCUT2D eigenvalue weighted by Crippen LogP contribution is 2.43. The fraction of sp³-hybridized carbons (Fsp3) is 0.296. The van der Waals surface area contributed by atoms with Gasteiger partial charge in [-0.15, -0.1) is 11.3 Å². The van der Waals surface area contributed by atoms with E-state index in [0.717, 1.165) is 16.1 Å². The van der Waals surface area contributed by atoms with Crippen molar-refractivity contribution < 1.29 is 19.4 Å². The second kappa shape index (κ2) is 9.43. The number of benzene rings is 2. The first-order valence-electron chi connectivity index (χ1n) is 11.2. The molecule has 1 atom stereocenters. The number of ketones is 1. The molecule has 1 aromatic heterocycles. The average molecular weight is 477 g/mol. The van der Waals surface area contributed by atoms with Crippen molar-refractivity contribution >= 4 is 28.7 Å². The number of aliphatic hydroxyl groups is 1. The molecule has 1 N–H and O–H groups in total. The summed E-state index contributed by atoms with van der Waals surface area (Å²) in [6, 6.07) is 14.0. The number of ether oxygens (including phenoxy) is 1. The molecule has 1 unspecified atom stereocenters. The highest BCUT2D eigenvalue weighted by atomic mass is 32.1. The summed E-state index contributed by atoms with van der Waals surface area (Å²) in [7, 11) is 0. The molecule has 0 saturated heterocycles. The number of hydrogen-bond acceptors (Lipinski definition) is 6. The van der Waals surface area contributed by atoms with Crippen molar-refractivity contribution in [3.8, 4) is 5.75 Å². The molecule has 0 aliphatic carbocycles. The van der Waals surface area contributed by atoms with E-state index in [1.807, 2.05) is 38.1 Å². The SMILES string of the molecule is Cc1nc(C)c(C(=O)C2=C(O)C(=O)N(c3ccc(OCC(C)C)cc3)C2c2ccccc2C)s1. The maximum Gasteiger partial charge on any atom is 0.294 e. The molecule has 3 aromatic rings. The number of anilines is 1. The van der Waals surface area contributed by atoms with Gasteiger partial charge in [-0.25, -0.2) is 4.98 Å². The first kappa shape index (κ1) is 23.7. The lowest BCUT2D eigenvalue weighted by Crippen LogP contribution is -2.31. The van der Waals surface area contributed by atoms with Gasteiger partial charge in [-0.05, 0) is 62.1 Å². The topological polar surface area (TPSA) is 79.7 Å². The number of aryl methyl sites for hydroxylation is 3. The number of thiazole rings is 1. The molecule has 1 amide bonds. The molecule has 1 aliphatic heterocycles. The van der Waals surface area contributed by atoms with Crippen LogP contribution in [0.1, 0.15) is 51.4 Å². The molecule has 2 aromatic carbocycles. The van der Waals surface area contributed by atoms with Gasteiger partial charge in [0, 0.05) is 5.69 Å². The summed E-state index contributed by atoms with van der Waals surface area (Å²) in [6.45, 7) is 10.3. The second-order valence-electron chi connectivity index (χ2n) is 8.87. The van der Waals surface area contributed by atoms with Crippen LogP contribution < -0.4 is 9.64 Å². The molecule has 7 heteroatoms. The van der Waals surface area contributed by atoms with Crippen LogP contribution in [0.4, 0.5) is 5.69 Å². The summed E-state index contributed by atoms with van der Waals surface area (Å²) in [5, 5.41) is 11.7. The van der Waals surface area contributed by atoms with E-state index < -0.39 is 17.7 Å². The third-order valence-corrected chi connectivity index (χ3v) is 6.82. The Bertz CT molecular complexity index is 1270. The van der Waals surface area contributed by atoms with E-state index in [2.05, 4.69) is 18.8 Å². The van der Waals surface area contributed by atoms with Crippen LogP contribution in [0, 0.1) is 26.7 Å². The van der Waals surface area contributed by atoms with E-state index in [-0.39, 0.29) is 11.4 Å². The number of rotatable bonds is 7. The van der Waals surface area contributed by atoms with E-state index in [1.165, 1.54) is 16.2 Å². The molecule has 0 fully saturated rings. The van der Waals surface area contributed by atoms with Crippen molar-refractivity contribution in [2.45, 2.75) is 40.7 Å². The first-order chi connectivity index (χ1) is 16.2. The maximum atomic E-state index is 13.7. The highest BCUT2D eigenvalue weighted by molar-refractivity contribution is 7.14. The van der Waals surface area contributed by atoms with Crippen LogP contribution in [0.5, 0.6) is 5.75 Å². The summed E-state index contributed by atoms with van der Waals surface area (Å²) in [5.74, 6) is -0.420. The molecule has 1 aliphatic rings. The van der Waals surface area contributed by atoms with E-state index in [1.54, 1.807) is 31.2 Å². The molecule has 0 bridgehead atoms. The Hall–Kier alpha value is -3.45. The lowest BCUT2D eigenvalue weighted by Gasteiger charge is -2.28. The predicted octanol–water partition coefficient (Wildman–Crippen LogP) is 5.89. The second-order valence-corrected chi connectivity index (χ2v) is 10.1. The Morgan fingerprint density at radius 3 is 2.38 bits per heavy atom. The lowest BCUT2D eigenvalue weighted by molar-refractivity contribution is -0.117. The molecule has 176 valence electrons. The van der Waals surface area contributed by atoms with E-state index in [4.69, 9.17) is 4.74 Å². The van der Waals surface area contributed by atoms with Gasteiger partial charge >= 0.3 is 0 Å². The fourth-order valence-electron chi connectivity index (χ4n) is 4.12. The van der Waals surface area contributed by atoms with Crippen LogP contribution in [0.2, 0.25) is 0 Å². The summed E-state index contributed by atoms with van der Waals surface area (Å²) in [4.78, 5) is 33.3. The van der Waals surface area contributed by atoms with Gasteiger partial charge in [-0.2, -0.15) is 0 Å². The normalized spacial score (nSPS) is 16.0. The number of hydrogen-bond donors (Lipinski definition) is 1. The van der Waals surface area contributed by atoms with Gasteiger partial charge in [0.25, 0.3) is 5.91 Å². The highest BCUT2D eigenvalue weighted by Gasteiger charge is 2.45. The van der Waals surface area contributed by atoms with E-state index in [9.17, 15) is 14.7 Å². The zero-order valence-corrected chi connectivity index (χ0v) is 20.8. The number of aliphatic hydroxyl groups excluding tert-OH is 1. The molecule has 34 heavy (non-hydrogen) atoms. The van der Waals surface area contributed by atoms with Gasteiger partial charge in [0.05, 0.1) is 33.8 Å². The first-order valence-corrected chi connectivity index (χ1v) is 12.0. The monoisotopic (exact) mass is 476 g/mol. The molecule has 4 rings (SSSR count). The van der Waals surface area contributed by atoms with Gasteiger partial charge in [-0.3, -0.25) is 14.5 Å². The third kappa shape index (κ3) is 4.35. The minimum Gasteiger partial charge on any atom is -0.503 e. The summed E-state index contributed by atoms with van der Waals surface area (Å²) in [6.07, 6.45) is 0. The zero-order chi connectivity index (χ0) is 24.6. The molecule has 0 saturated carbocycles. The number of amides is 1. The quantitative estimate of drug-likeness (QED) is 0.430. The molecule has 2 heterocycles. The third-order valence-electron chi connectivity index (χ3n) is 5.74. The lowest BCUT2D eigenvalue weighted by atomic mass is 9.92. The van der Waals surface area contributed by atoms with Crippen molar-refractivity contribution in [1.29, 1.82) is 0 Å².